The van der Waals surface area contributed by atoms with Gasteiger partial charge in [0, 0.05) is 11.3 Å². The van der Waals surface area contributed by atoms with Gasteiger partial charge < -0.3 is 14.6 Å². The molecule has 1 aliphatic rings. The number of rotatable bonds is 6. The zero-order valence-electron chi connectivity index (χ0n) is 21.7. The van der Waals surface area contributed by atoms with Crippen LogP contribution in [-0.2, 0) is 0 Å². The van der Waals surface area contributed by atoms with Crippen LogP contribution < -0.4 is 15.0 Å². The fourth-order valence-corrected chi connectivity index (χ4v) is 4.52. The van der Waals surface area contributed by atoms with Gasteiger partial charge >= 0.3 is 6.03 Å². The van der Waals surface area contributed by atoms with Crippen LogP contribution in [0.15, 0.2) is 77.0 Å². The highest BCUT2D eigenvalue weighted by Gasteiger charge is 2.36. The first-order chi connectivity index (χ1) is 17.9. The normalized spacial score (nSPS) is 15.6. The van der Waals surface area contributed by atoms with Crippen molar-refractivity contribution >= 4 is 17.3 Å². The second-order valence-corrected chi connectivity index (χ2v) is 9.28. The number of aryl methyl sites for hydroxylation is 3. The van der Waals surface area contributed by atoms with E-state index in [2.05, 4.69) is 17.4 Å². The molecule has 37 heavy (non-hydrogen) atoms. The zero-order chi connectivity index (χ0) is 26.1. The van der Waals surface area contributed by atoms with Gasteiger partial charge in [-0.05, 0) is 75.6 Å². The van der Waals surface area contributed by atoms with E-state index in [0.29, 0.717) is 18.3 Å². The van der Waals surface area contributed by atoms with Crippen LogP contribution >= 0.6 is 0 Å². The van der Waals surface area contributed by atoms with Crippen molar-refractivity contribution in [3.63, 3.8) is 0 Å². The van der Waals surface area contributed by atoms with Crippen molar-refractivity contribution in [1.82, 2.24) is 15.5 Å². The molecule has 1 aromatic heterocycles. The number of benzene rings is 3. The van der Waals surface area contributed by atoms with Crippen molar-refractivity contribution in [2.75, 3.05) is 11.5 Å². The molecule has 0 aliphatic carbocycles. The van der Waals surface area contributed by atoms with Gasteiger partial charge in [-0.2, -0.15) is 4.98 Å². The molecule has 7 nitrogen and oxygen atoms in total. The zero-order valence-corrected chi connectivity index (χ0v) is 21.7. The Hall–Kier alpha value is -4.39. The number of carbonyl (C=O) groups excluding carboxylic acids is 1. The third kappa shape index (κ3) is 4.72. The lowest BCUT2D eigenvalue weighted by Crippen LogP contribution is -2.46. The second kappa shape index (κ2) is 9.93. The van der Waals surface area contributed by atoms with Gasteiger partial charge in [-0.1, -0.05) is 53.2 Å². The fraction of sp³-hybridized carbons (Fsp3) is 0.233. The number of aromatic nitrogens is 2. The summed E-state index contributed by atoms with van der Waals surface area (Å²) in [5, 5.41) is 7.43. The van der Waals surface area contributed by atoms with Gasteiger partial charge in [-0.25, -0.2) is 4.79 Å². The number of carbonyl (C=O) groups is 1. The van der Waals surface area contributed by atoms with E-state index in [9.17, 15) is 4.79 Å². The number of allylic oxidation sites excluding steroid dienone is 1. The maximum Gasteiger partial charge on any atom is 0.326 e. The number of amides is 2. The summed E-state index contributed by atoms with van der Waals surface area (Å²) in [6.07, 6.45) is 0. The van der Waals surface area contributed by atoms with Crippen molar-refractivity contribution in [3.8, 4) is 17.1 Å². The molecule has 4 aromatic rings. The summed E-state index contributed by atoms with van der Waals surface area (Å²) in [5.41, 5.74) is 7.42. The van der Waals surface area contributed by atoms with E-state index in [0.717, 1.165) is 50.5 Å². The monoisotopic (exact) mass is 494 g/mol. The van der Waals surface area contributed by atoms with Crippen LogP contribution in [0.2, 0.25) is 0 Å². The highest BCUT2D eigenvalue weighted by Crippen LogP contribution is 2.39. The molecule has 1 aliphatic heterocycles. The maximum absolute atomic E-state index is 13.5. The van der Waals surface area contributed by atoms with E-state index < -0.39 is 6.04 Å². The third-order valence-electron chi connectivity index (χ3n) is 6.72. The molecule has 188 valence electrons. The lowest BCUT2D eigenvalue weighted by molar-refractivity contribution is 0.244. The van der Waals surface area contributed by atoms with Gasteiger partial charge in [0.2, 0.25) is 5.82 Å². The lowest BCUT2D eigenvalue weighted by Gasteiger charge is -2.35. The number of nitrogens with zero attached hydrogens (tertiary/aromatic N) is 3. The molecule has 2 heterocycles. The molecule has 0 saturated carbocycles. The summed E-state index contributed by atoms with van der Waals surface area (Å²) in [6.45, 7) is 10.6. The Balaban J connectivity index is 1.63. The minimum atomic E-state index is -0.475. The van der Waals surface area contributed by atoms with E-state index in [1.807, 2.05) is 94.4 Å². The highest BCUT2D eigenvalue weighted by atomic mass is 16.5. The van der Waals surface area contributed by atoms with Crippen molar-refractivity contribution < 1.29 is 14.1 Å². The van der Waals surface area contributed by atoms with Gasteiger partial charge in [0.1, 0.15) is 5.75 Å². The van der Waals surface area contributed by atoms with Gasteiger partial charge in [0.05, 0.1) is 23.9 Å². The molecule has 7 heteroatoms. The Kier molecular flexibility index (Phi) is 6.53. The van der Waals surface area contributed by atoms with Gasteiger partial charge in [-0.3, -0.25) is 4.90 Å². The fourth-order valence-electron chi connectivity index (χ4n) is 4.52. The quantitative estimate of drug-likeness (QED) is 0.320. The Morgan fingerprint density at radius 3 is 2.35 bits per heavy atom. The number of anilines is 1. The highest BCUT2D eigenvalue weighted by molar-refractivity contribution is 6.01. The van der Waals surface area contributed by atoms with Crippen LogP contribution in [0, 0.1) is 20.8 Å². The van der Waals surface area contributed by atoms with Gasteiger partial charge in [-0.15, -0.1) is 0 Å². The third-order valence-corrected chi connectivity index (χ3v) is 6.72. The summed E-state index contributed by atoms with van der Waals surface area (Å²) in [5.74, 6) is 1.63. The smallest absolute Gasteiger partial charge is 0.326 e. The van der Waals surface area contributed by atoms with Crippen LogP contribution in [0.25, 0.3) is 17.0 Å². The summed E-state index contributed by atoms with van der Waals surface area (Å²) in [6, 6.07) is 21.0. The van der Waals surface area contributed by atoms with Crippen LogP contribution in [0.5, 0.6) is 5.75 Å². The van der Waals surface area contributed by atoms with Gasteiger partial charge in [0.25, 0.3) is 5.89 Å². The first kappa shape index (κ1) is 24.3. The van der Waals surface area contributed by atoms with E-state index in [-0.39, 0.29) is 6.03 Å². The average Bonchev–Trinajstić information content (AvgIpc) is 3.36. The van der Waals surface area contributed by atoms with E-state index in [4.69, 9.17) is 14.2 Å². The van der Waals surface area contributed by atoms with Crippen LogP contribution in [0.3, 0.4) is 0 Å². The van der Waals surface area contributed by atoms with Crippen molar-refractivity contribution in [1.29, 1.82) is 0 Å². The molecule has 5 rings (SSSR count). The summed E-state index contributed by atoms with van der Waals surface area (Å²) >= 11 is 0. The number of hydrogen-bond acceptors (Lipinski definition) is 5. The predicted molar refractivity (Wildman–Crippen MR) is 144 cm³/mol. The van der Waals surface area contributed by atoms with Crippen LogP contribution in [0.1, 0.15) is 48.0 Å². The molecule has 0 radical (unpaired) electrons. The van der Waals surface area contributed by atoms with E-state index >= 15 is 0 Å². The molecule has 3 aromatic carbocycles. The molecular weight excluding hydrogens is 464 g/mol. The summed E-state index contributed by atoms with van der Waals surface area (Å²) in [7, 11) is 0. The molecular formula is C30H30N4O3. The first-order valence-electron chi connectivity index (χ1n) is 12.4. The molecule has 1 unspecified atom stereocenters. The molecule has 0 bridgehead atoms. The SMILES string of the molecule is CCOc1ccc(C2NC(=O)N(c3ccc(C)c(C)c3)C(C)=C2c2nc(-c3ccc(C)cc3)no2)cc1. The molecule has 1 N–H and O–H groups in total. The Labute approximate surface area is 216 Å². The van der Waals surface area contributed by atoms with E-state index in [1.54, 1.807) is 4.90 Å². The van der Waals surface area contributed by atoms with Gasteiger partial charge in [0.15, 0.2) is 0 Å². The number of hydrogen-bond donors (Lipinski definition) is 1. The molecule has 2 amide bonds. The van der Waals surface area contributed by atoms with Crippen molar-refractivity contribution in [2.45, 2.75) is 40.7 Å². The standard InChI is InChI=1S/C30H30N4O3/c1-6-36-25-15-12-22(13-16-25)27-26(29-32-28(33-37-29)23-10-7-18(2)8-11-23)21(5)34(30(35)31-27)24-14-9-19(3)20(4)17-24/h7-17,27H,6H2,1-5H3,(H,31,35). The number of ether oxygens (including phenoxy) is 1. The predicted octanol–water partition coefficient (Wildman–Crippen LogP) is 6.76. The van der Waals surface area contributed by atoms with Crippen molar-refractivity contribution in [2.24, 2.45) is 0 Å². The summed E-state index contributed by atoms with van der Waals surface area (Å²) in [4.78, 5) is 19.9. The molecule has 0 fully saturated rings. The Morgan fingerprint density at radius 1 is 0.946 bits per heavy atom. The molecule has 1 atom stereocenters. The summed E-state index contributed by atoms with van der Waals surface area (Å²) < 4.78 is 11.4. The van der Waals surface area contributed by atoms with Crippen LogP contribution in [0.4, 0.5) is 10.5 Å². The number of nitrogens with one attached hydrogen (secondary N) is 1. The van der Waals surface area contributed by atoms with E-state index in [1.165, 1.54) is 0 Å². The number of urea groups is 1. The van der Waals surface area contributed by atoms with Crippen molar-refractivity contribution in [3.05, 3.63) is 101 Å². The van der Waals surface area contributed by atoms with Crippen LogP contribution in [-0.4, -0.2) is 22.8 Å². The largest absolute Gasteiger partial charge is 0.494 e. The molecule has 0 spiro atoms. The lowest BCUT2D eigenvalue weighted by atomic mass is 9.94. The second-order valence-electron chi connectivity index (χ2n) is 9.28. The average molecular weight is 495 g/mol. The Morgan fingerprint density at radius 2 is 1.68 bits per heavy atom. The minimum absolute atomic E-state index is 0.221. The molecule has 0 saturated heterocycles. The minimum Gasteiger partial charge on any atom is -0.494 e. The maximum atomic E-state index is 13.5. The topological polar surface area (TPSA) is 80.5 Å². The first-order valence-corrected chi connectivity index (χ1v) is 12.4. The Bertz CT molecular complexity index is 1470.